The first-order valence-electron chi connectivity index (χ1n) is 5.25. The Morgan fingerprint density at radius 3 is 2.53 bits per heavy atom. The minimum absolute atomic E-state index is 0.161. The maximum Gasteiger partial charge on any atom is 0.315 e. The molecule has 0 fully saturated rings. The molecule has 6 heteroatoms. The largest absolute Gasteiger partial charge is 0.481 e. The van der Waals surface area contributed by atoms with Crippen LogP contribution in [0, 0.1) is 12.3 Å². The highest BCUT2D eigenvalue weighted by atomic mass is 16.4. The molecule has 6 nitrogen and oxygen atoms in total. The molecule has 0 aliphatic carbocycles. The number of hydrogen-bond acceptors (Lipinski definition) is 3. The Labute approximate surface area is 100 Å². The number of nitrogens with one attached hydrogen (secondary N) is 2. The highest BCUT2D eigenvalue weighted by molar-refractivity contribution is 5.75. The van der Waals surface area contributed by atoms with Crippen molar-refractivity contribution in [2.45, 2.75) is 38.3 Å². The van der Waals surface area contributed by atoms with E-state index < -0.39 is 24.0 Å². The van der Waals surface area contributed by atoms with E-state index in [9.17, 15) is 14.7 Å². The van der Waals surface area contributed by atoms with Gasteiger partial charge in [-0.3, -0.25) is 4.79 Å². The van der Waals surface area contributed by atoms with Crippen LogP contribution in [0.5, 0.6) is 0 Å². The topological polar surface area (TPSA) is 98.7 Å². The van der Waals surface area contributed by atoms with Gasteiger partial charge in [0.25, 0.3) is 0 Å². The van der Waals surface area contributed by atoms with Gasteiger partial charge >= 0.3 is 12.0 Å². The highest BCUT2D eigenvalue weighted by Gasteiger charge is 2.24. The second kappa shape index (κ2) is 6.76. The van der Waals surface area contributed by atoms with Crippen molar-refractivity contribution in [2.75, 3.05) is 6.54 Å². The molecule has 0 saturated heterocycles. The number of rotatable bonds is 6. The van der Waals surface area contributed by atoms with Crippen LogP contribution in [0.2, 0.25) is 0 Å². The lowest BCUT2D eigenvalue weighted by Crippen LogP contribution is -2.48. The summed E-state index contributed by atoms with van der Waals surface area (Å²) in [4.78, 5) is 21.7. The number of carbonyl (C=O) groups is 2. The lowest BCUT2D eigenvalue weighted by Gasteiger charge is -2.22. The van der Waals surface area contributed by atoms with Crippen LogP contribution in [0.3, 0.4) is 0 Å². The number of carboxylic acid groups (broad SMARTS) is 1. The molecule has 2 unspecified atom stereocenters. The smallest absolute Gasteiger partial charge is 0.315 e. The van der Waals surface area contributed by atoms with E-state index in [0.29, 0.717) is 6.42 Å². The zero-order valence-electron chi connectivity index (χ0n) is 9.99. The molecule has 0 aromatic carbocycles. The summed E-state index contributed by atoms with van der Waals surface area (Å²) in [6, 6.07) is -0.903. The molecule has 0 rings (SSSR count). The molecule has 0 bridgehead atoms. The minimum atomic E-state index is -1.49. The first-order chi connectivity index (χ1) is 7.80. The summed E-state index contributed by atoms with van der Waals surface area (Å²) in [6.07, 6.45) is 5.31. The Bertz CT molecular complexity index is 320. The molecule has 0 radical (unpaired) electrons. The first kappa shape index (κ1) is 15.3. The predicted octanol–water partition coefficient (Wildman–Crippen LogP) is -0.0769. The SMILES string of the molecule is C#CC(CC)NC(=O)NCC(C)(O)CC(=O)O. The van der Waals surface area contributed by atoms with E-state index in [-0.39, 0.29) is 12.6 Å². The summed E-state index contributed by atoms with van der Waals surface area (Å²) in [7, 11) is 0. The zero-order valence-corrected chi connectivity index (χ0v) is 9.99. The molecule has 2 amide bonds. The van der Waals surface area contributed by atoms with Crippen LogP contribution < -0.4 is 10.6 Å². The zero-order chi connectivity index (χ0) is 13.5. The van der Waals surface area contributed by atoms with Gasteiger partial charge in [-0.2, -0.15) is 0 Å². The Hall–Kier alpha value is -1.74. The molecule has 0 aromatic heterocycles. The van der Waals surface area contributed by atoms with Crippen molar-refractivity contribution < 1.29 is 19.8 Å². The Balaban J connectivity index is 4.07. The Kier molecular flexibility index (Phi) is 6.07. The van der Waals surface area contributed by atoms with Gasteiger partial charge in [-0.25, -0.2) is 4.79 Å². The number of aliphatic hydroxyl groups is 1. The van der Waals surface area contributed by atoms with E-state index in [2.05, 4.69) is 16.6 Å². The maximum atomic E-state index is 11.3. The number of amides is 2. The van der Waals surface area contributed by atoms with E-state index in [0.717, 1.165) is 0 Å². The molecule has 0 spiro atoms. The van der Waals surface area contributed by atoms with Crippen LogP contribution in [0.25, 0.3) is 0 Å². The second-order valence-electron chi connectivity index (χ2n) is 4.02. The summed E-state index contributed by atoms with van der Waals surface area (Å²) in [5.41, 5.74) is -1.49. The molecule has 0 aliphatic rings. The van der Waals surface area contributed by atoms with Crippen molar-refractivity contribution >= 4 is 12.0 Å². The van der Waals surface area contributed by atoms with E-state index in [4.69, 9.17) is 11.5 Å². The third-order valence-electron chi connectivity index (χ3n) is 2.08. The summed E-state index contributed by atoms with van der Waals surface area (Å²) in [5, 5.41) is 23.0. The first-order valence-corrected chi connectivity index (χ1v) is 5.25. The molecule has 0 aromatic rings. The molecule has 2 atom stereocenters. The standard InChI is InChI=1S/C11H18N2O4/c1-4-8(5-2)13-10(16)12-7-11(3,17)6-9(14)15/h1,8,17H,5-7H2,2-3H3,(H,14,15)(H2,12,13,16). The number of aliphatic carboxylic acids is 1. The molecule has 0 heterocycles. The van der Waals surface area contributed by atoms with Gasteiger partial charge in [-0.1, -0.05) is 12.8 Å². The fourth-order valence-electron chi connectivity index (χ4n) is 1.13. The van der Waals surface area contributed by atoms with Gasteiger partial charge in [0.2, 0.25) is 0 Å². The number of carboxylic acids is 1. The second-order valence-corrected chi connectivity index (χ2v) is 4.02. The van der Waals surface area contributed by atoms with Crippen LogP contribution in [0.4, 0.5) is 4.79 Å². The van der Waals surface area contributed by atoms with Gasteiger partial charge in [0.15, 0.2) is 0 Å². The third-order valence-corrected chi connectivity index (χ3v) is 2.08. The van der Waals surface area contributed by atoms with Gasteiger partial charge in [0.05, 0.1) is 18.1 Å². The third kappa shape index (κ3) is 7.19. The van der Waals surface area contributed by atoms with Crippen LogP contribution >= 0.6 is 0 Å². The maximum absolute atomic E-state index is 11.3. The number of terminal acetylenes is 1. The Morgan fingerprint density at radius 1 is 1.53 bits per heavy atom. The Morgan fingerprint density at radius 2 is 2.12 bits per heavy atom. The molecular formula is C11H18N2O4. The summed E-state index contributed by atoms with van der Waals surface area (Å²) in [6.45, 7) is 3.00. The molecule has 0 aliphatic heterocycles. The van der Waals surface area contributed by atoms with E-state index in [1.165, 1.54) is 6.92 Å². The van der Waals surface area contributed by atoms with Crippen LogP contribution in [-0.4, -0.2) is 40.4 Å². The number of hydrogen-bond donors (Lipinski definition) is 4. The van der Waals surface area contributed by atoms with Crippen LogP contribution in [0.15, 0.2) is 0 Å². The predicted molar refractivity (Wildman–Crippen MR) is 62.3 cm³/mol. The molecular weight excluding hydrogens is 224 g/mol. The number of urea groups is 1. The van der Waals surface area contributed by atoms with E-state index >= 15 is 0 Å². The lowest BCUT2D eigenvalue weighted by atomic mass is 10.0. The van der Waals surface area contributed by atoms with Gasteiger partial charge in [-0.05, 0) is 13.3 Å². The fourth-order valence-corrected chi connectivity index (χ4v) is 1.13. The summed E-state index contributed by atoms with van der Waals surface area (Å²) >= 11 is 0. The van der Waals surface area contributed by atoms with Crippen LogP contribution in [0.1, 0.15) is 26.7 Å². The molecule has 0 saturated carbocycles. The van der Waals surface area contributed by atoms with Crippen molar-refractivity contribution in [3.63, 3.8) is 0 Å². The van der Waals surface area contributed by atoms with E-state index in [1.54, 1.807) is 0 Å². The fraction of sp³-hybridized carbons (Fsp3) is 0.636. The normalized spacial score (nSPS) is 15.2. The summed E-state index contributed by atoms with van der Waals surface area (Å²) in [5.74, 6) is 1.25. The van der Waals surface area contributed by atoms with Crippen molar-refractivity contribution in [1.82, 2.24) is 10.6 Å². The molecule has 17 heavy (non-hydrogen) atoms. The minimum Gasteiger partial charge on any atom is -0.481 e. The van der Waals surface area contributed by atoms with Crippen molar-refractivity contribution in [3.8, 4) is 12.3 Å². The quantitative estimate of drug-likeness (QED) is 0.490. The highest BCUT2D eigenvalue weighted by Crippen LogP contribution is 2.07. The van der Waals surface area contributed by atoms with Gasteiger partial charge < -0.3 is 20.8 Å². The van der Waals surface area contributed by atoms with Crippen molar-refractivity contribution in [1.29, 1.82) is 0 Å². The molecule has 96 valence electrons. The number of carbonyl (C=O) groups excluding carboxylic acids is 1. The van der Waals surface area contributed by atoms with Gasteiger partial charge in [0.1, 0.15) is 0 Å². The van der Waals surface area contributed by atoms with Crippen molar-refractivity contribution in [2.24, 2.45) is 0 Å². The van der Waals surface area contributed by atoms with Gasteiger partial charge in [-0.15, -0.1) is 6.42 Å². The molecule has 4 N–H and O–H groups in total. The van der Waals surface area contributed by atoms with Crippen LogP contribution in [-0.2, 0) is 4.79 Å². The average Bonchev–Trinajstić information content (AvgIpc) is 2.21. The van der Waals surface area contributed by atoms with Crippen molar-refractivity contribution in [3.05, 3.63) is 0 Å². The summed E-state index contributed by atoms with van der Waals surface area (Å²) < 4.78 is 0. The monoisotopic (exact) mass is 242 g/mol. The average molecular weight is 242 g/mol. The lowest BCUT2D eigenvalue weighted by molar-refractivity contribution is -0.141. The van der Waals surface area contributed by atoms with E-state index in [1.807, 2.05) is 6.92 Å². The van der Waals surface area contributed by atoms with Gasteiger partial charge in [0, 0.05) is 6.54 Å².